The van der Waals surface area contributed by atoms with Crippen molar-refractivity contribution in [3.63, 3.8) is 0 Å². The van der Waals surface area contributed by atoms with Gasteiger partial charge in [0, 0.05) is 17.5 Å². The van der Waals surface area contributed by atoms with Crippen molar-refractivity contribution in [1.29, 1.82) is 0 Å². The molecule has 0 aliphatic heterocycles. The first-order valence-electron chi connectivity index (χ1n) is 11.3. The summed E-state index contributed by atoms with van der Waals surface area (Å²) >= 11 is 0. The van der Waals surface area contributed by atoms with E-state index >= 15 is 0 Å². The number of furan rings is 1. The van der Waals surface area contributed by atoms with Gasteiger partial charge in [0.15, 0.2) is 11.4 Å². The highest BCUT2D eigenvalue weighted by atomic mass is 16.5. The second-order valence-corrected chi connectivity index (χ2v) is 8.45. The fraction of sp³-hybridized carbons (Fsp3) is 0.320. The second-order valence-electron chi connectivity index (χ2n) is 8.45. The molecule has 2 amide bonds. The molecule has 3 aromatic heterocycles. The molecule has 2 N–H and O–H groups in total. The maximum Gasteiger partial charge on any atom is 0.246 e. The van der Waals surface area contributed by atoms with Gasteiger partial charge >= 0.3 is 0 Å². The lowest BCUT2D eigenvalue weighted by molar-refractivity contribution is -0.125. The average molecular weight is 495 g/mol. The first kappa shape index (κ1) is 24.7. The van der Waals surface area contributed by atoms with Crippen LogP contribution in [0, 0.1) is 6.92 Å². The number of rotatable bonds is 9. The Labute approximate surface area is 205 Å². The quantitative estimate of drug-likeness (QED) is 0.358. The van der Waals surface area contributed by atoms with Crippen molar-refractivity contribution >= 4 is 23.0 Å². The highest BCUT2D eigenvalue weighted by Gasteiger charge is 2.23. The van der Waals surface area contributed by atoms with Crippen molar-refractivity contribution in [3.05, 3.63) is 63.6 Å². The molecule has 3 heterocycles. The average Bonchev–Trinajstić information content (AvgIpc) is 3.47. The molecule has 4 rings (SSSR count). The van der Waals surface area contributed by atoms with Gasteiger partial charge in [0.05, 0.1) is 32.2 Å². The molecule has 1 aromatic carbocycles. The number of nitrogens with one attached hydrogen (secondary N) is 2. The molecule has 0 bridgehead atoms. The zero-order chi connectivity index (χ0) is 25.8. The SMILES string of the molecule is COc1ccc(-c2oc3c(=O)cc(C)oc3c2CC(=O)NCC(=O)NCc2nc(C(C)C)no2)cc1. The number of carbonyl (C=O) groups excluding carboxylic acids is 2. The van der Waals surface area contributed by atoms with E-state index < -0.39 is 11.8 Å². The number of carbonyl (C=O) groups is 2. The van der Waals surface area contributed by atoms with Crippen molar-refractivity contribution in [1.82, 2.24) is 20.8 Å². The van der Waals surface area contributed by atoms with Gasteiger partial charge in [-0.3, -0.25) is 14.4 Å². The standard InChI is InChI=1S/C25H26N4O7/c1-13(2)25-28-21(36-29-25)12-27-20(32)11-26-19(31)10-17-22(15-5-7-16(33-4)8-6-15)35-24-18(30)9-14(3)34-23(17)24/h5-9,13H,10-12H2,1-4H3,(H,26,31)(H,27,32). The van der Waals surface area contributed by atoms with Crippen molar-refractivity contribution in [2.24, 2.45) is 0 Å². The Bertz CT molecular complexity index is 1450. The van der Waals surface area contributed by atoms with Crippen LogP contribution in [-0.4, -0.2) is 35.6 Å². The Balaban J connectivity index is 1.47. The number of fused-ring (bicyclic) bond motifs is 1. The molecule has 0 unspecified atom stereocenters. The van der Waals surface area contributed by atoms with E-state index in [1.807, 2.05) is 13.8 Å². The van der Waals surface area contributed by atoms with Gasteiger partial charge in [-0.1, -0.05) is 19.0 Å². The molecule has 11 nitrogen and oxygen atoms in total. The van der Waals surface area contributed by atoms with Gasteiger partial charge in [0.2, 0.25) is 28.7 Å². The number of aromatic nitrogens is 2. The number of hydrogen-bond acceptors (Lipinski definition) is 9. The Morgan fingerprint density at radius 1 is 1.06 bits per heavy atom. The Hall–Kier alpha value is -4.41. The van der Waals surface area contributed by atoms with E-state index in [0.29, 0.717) is 34.2 Å². The molecule has 0 aliphatic carbocycles. The number of methoxy groups -OCH3 is 1. The van der Waals surface area contributed by atoms with Crippen LogP contribution < -0.4 is 20.8 Å². The minimum absolute atomic E-state index is 0.0206. The van der Waals surface area contributed by atoms with Crippen LogP contribution in [0.5, 0.6) is 5.75 Å². The van der Waals surface area contributed by atoms with Crippen LogP contribution in [0.15, 0.2) is 48.5 Å². The van der Waals surface area contributed by atoms with E-state index in [0.717, 1.165) is 0 Å². The van der Waals surface area contributed by atoms with Crippen LogP contribution >= 0.6 is 0 Å². The van der Waals surface area contributed by atoms with Gasteiger partial charge in [-0.2, -0.15) is 4.98 Å². The highest BCUT2D eigenvalue weighted by molar-refractivity contribution is 5.91. The third kappa shape index (κ3) is 5.45. The zero-order valence-corrected chi connectivity index (χ0v) is 20.3. The molecule has 0 spiro atoms. The molecule has 36 heavy (non-hydrogen) atoms. The summed E-state index contributed by atoms with van der Waals surface area (Å²) in [6, 6.07) is 8.32. The van der Waals surface area contributed by atoms with E-state index in [9.17, 15) is 14.4 Å². The molecular formula is C25H26N4O7. The number of nitrogens with zero attached hydrogens (tertiary/aromatic N) is 2. The van der Waals surface area contributed by atoms with Gasteiger partial charge in [-0.25, -0.2) is 0 Å². The van der Waals surface area contributed by atoms with Crippen LogP contribution in [0.3, 0.4) is 0 Å². The maximum atomic E-state index is 12.8. The van der Waals surface area contributed by atoms with E-state index in [4.69, 9.17) is 18.1 Å². The first-order valence-corrected chi connectivity index (χ1v) is 11.3. The van der Waals surface area contributed by atoms with E-state index in [-0.39, 0.29) is 47.9 Å². The zero-order valence-electron chi connectivity index (χ0n) is 20.3. The third-order valence-electron chi connectivity index (χ3n) is 5.35. The molecule has 0 aliphatic rings. The topological polar surface area (TPSA) is 150 Å². The van der Waals surface area contributed by atoms with Gasteiger partial charge in [-0.15, -0.1) is 0 Å². The van der Waals surface area contributed by atoms with Crippen LogP contribution in [0.4, 0.5) is 0 Å². The van der Waals surface area contributed by atoms with E-state index in [1.165, 1.54) is 6.07 Å². The summed E-state index contributed by atoms with van der Waals surface area (Å²) < 4.78 is 21.9. The number of amides is 2. The Kier molecular flexibility index (Phi) is 7.18. The molecule has 0 saturated heterocycles. The van der Waals surface area contributed by atoms with E-state index in [1.54, 1.807) is 38.3 Å². The Morgan fingerprint density at radius 3 is 2.47 bits per heavy atom. The first-order chi connectivity index (χ1) is 17.2. The van der Waals surface area contributed by atoms with Gasteiger partial charge in [-0.05, 0) is 31.2 Å². The lowest BCUT2D eigenvalue weighted by Crippen LogP contribution is -2.37. The van der Waals surface area contributed by atoms with Crippen LogP contribution in [-0.2, 0) is 22.6 Å². The van der Waals surface area contributed by atoms with Crippen molar-refractivity contribution in [2.45, 2.75) is 39.7 Å². The normalized spacial score (nSPS) is 11.1. The molecule has 0 fully saturated rings. The second kappa shape index (κ2) is 10.5. The summed E-state index contributed by atoms with van der Waals surface area (Å²) in [7, 11) is 1.55. The molecule has 11 heteroatoms. The number of benzene rings is 1. The smallest absolute Gasteiger partial charge is 0.246 e. The monoisotopic (exact) mass is 494 g/mol. The molecular weight excluding hydrogens is 468 g/mol. The lowest BCUT2D eigenvalue weighted by atomic mass is 10.1. The fourth-order valence-corrected chi connectivity index (χ4v) is 3.51. The van der Waals surface area contributed by atoms with Crippen molar-refractivity contribution in [3.8, 4) is 17.1 Å². The molecule has 188 valence electrons. The number of ether oxygens (including phenoxy) is 1. The van der Waals surface area contributed by atoms with Gasteiger partial charge in [0.25, 0.3) is 0 Å². The van der Waals surface area contributed by atoms with Gasteiger partial charge in [0.1, 0.15) is 17.3 Å². The van der Waals surface area contributed by atoms with E-state index in [2.05, 4.69) is 20.8 Å². The van der Waals surface area contributed by atoms with Crippen LogP contribution in [0.2, 0.25) is 0 Å². The predicted molar refractivity (Wildman–Crippen MR) is 128 cm³/mol. The minimum Gasteiger partial charge on any atom is -0.497 e. The minimum atomic E-state index is -0.452. The maximum absolute atomic E-state index is 12.8. The van der Waals surface area contributed by atoms with Crippen molar-refractivity contribution in [2.75, 3.05) is 13.7 Å². The third-order valence-corrected chi connectivity index (χ3v) is 5.35. The van der Waals surface area contributed by atoms with Crippen molar-refractivity contribution < 1.29 is 27.7 Å². The summed E-state index contributed by atoms with van der Waals surface area (Å²) in [5.41, 5.74) is 0.910. The Morgan fingerprint density at radius 2 is 1.81 bits per heavy atom. The molecule has 4 aromatic rings. The number of aryl methyl sites for hydroxylation is 1. The molecule has 0 atom stereocenters. The summed E-state index contributed by atoms with van der Waals surface area (Å²) in [4.78, 5) is 41.6. The van der Waals surface area contributed by atoms with Crippen LogP contribution in [0.25, 0.3) is 22.5 Å². The summed E-state index contributed by atoms with van der Waals surface area (Å²) in [6.07, 6.45) is -0.171. The lowest BCUT2D eigenvalue weighted by Gasteiger charge is -2.07. The largest absolute Gasteiger partial charge is 0.497 e. The summed E-state index contributed by atoms with van der Waals surface area (Å²) in [5.74, 6) is 1.41. The number of hydrogen-bond donors (Lipinski definition) is 2. The van der Waals surface area contributed by atoms with Crippen LogP contribution in [0.1, 0.15) is 42.8 Å². The fourth-order valence-electron chi connectivity index (χ4n) is 3.51. The van der Waals surface area contributed by atoms with Gasteiger partial charge < -0.3 is 28.7 Å². The molecule has 0 radical (unpaired) electrons. The summed E-state index contributed by atoms with van der Waals surface area (Å²) in [5, 5.41) is 9.03. The summed E-state index contributed by atoms with van der Waals surface area (Å²) in [6.45, 7) is 5.28. The molecule has 0 saturated carbocycles. The predicted octanol–water partition coefficient (Wildman–Crippen LogP) is 2.85. The highest BCUT2D eigenvalue weighted by Crippen LogP contribution is 2.34.